The number of nitrogens with one attached hydrogen (secondary N) is 1. The number of thiazole rings is 1. The highest BCUT2D eigenvalue weighted by Gasteiger charge is 2.07. The molecule has 3 aromatic rings. The first-order chi connectivity index (χ1) is 12.0. The van der Waals surface area contributed by atoms with Crippen LogP contribution in [-0.4, -0.2) is 15.5 Å². The minimum absolute atomic E-state index is 0.00719. The summed E-state index contributed by atoms with van der Waals surface area (Å²) in [5.74, 6) is -0.00719. The molecule has 25 heavy (non-hydrogen) atoms. The molecule has 2 aromatic heterocycles. The van der Waals surface area contributed by atoms with Crippen LogP contribution in [0.3, 0.4) is 0 Å². The minimum atomic E-state index is -0.0206. The average molecular weight is 353 g/mol. The Balaban J connectivity index is 1.74. The summed E-state index contributed by atoms with van der Waals surface area (Å²) in [6.45, 7) is 4.19. The third kappa shape index (κ3) is 4.22. The van der Waals surface area contributed by atoms with Crippen LogP contribution in [0, 0.1) is 6.92 Å². The van der Waals surface area contributed by atoms with Crippen molar-refractivity contribution in [3.8, 4) is 11.3 Å². The summed E-state index contributed by atoms with van der Waals surface area (Å²) in [5, 5.41) is 5.68. The van der Waals surface area contributed by atoms with E-state index in [0.29, 0.717) is 13.0 Å². The molecule has 0 aliphatic heterocycles. The number of hydrogen-bond donors (Lipinski definition) is 1. The van der Waals surface area contributed by atoms with Crippen LogP contribution in [0.25, 0.3) is 11.3 Å². The number of anilines is 1. The molecule has 5 nitrogen and oxygen atoms in total. The number of nitrogens with zero attached hydrogens (tertiary/aromatic N) is 2. The Morgan fingerprint density at radius 1 is 1.24 bits per heavy atom. The summed E-state index contributed by atoms with van der Waals surface area (Å²) in [7, 11) is 0. The zero-order valence-electron chi connectivity index (χ0n) is 14.2. The van der Waals surface area contributed by atoms with Gasteiger partial charge in [0.15, 0.2) is 0 Å². The summed E-state index contributed by atoms with van der Waals surface area (Å²) in [4.78, 5) is 28.0. The van der Waals surface area contributed by atoms with Crippen LogP contribution in [0.4, 0.5) is 5.69 Å². The number of aryl methyl sites for hydroxylation is 1. The smallest absolute Gasteiger partial charge is 0.251 e. The molecule has 0 bridgehead atoms. The molecule has 1 aromatic carbocycles. The van der Waals surface area contributed by atoms with Gasteiger partial charge < -0.3 is 9.88 Å². The van der Waals surface area contributed by atoms with E-state index in [-0.39, 0.29) is 11.5 Å². The highest BCUT2D eigenvalue weighted by atomic mass is 32.1. The van der Waals surface area contributed by atoms with Gasteiger partial charge in [0.25, 0.3) is 5.56 Å². The maximum atomic E-state index is 12.0. The Labute approximate surface area is 150 Å². The van der Waals surface area contributed by atoms with Crippen LogP contribution >= 0.6 is 11.3 Å². The molecule has 0 unspecified atom stereocenters. The summed E-state index contributed by atoms with van der Waals surface area (Å²) < 4.78 is 1.65. The highest BCUT2D eigenvalue weighted by molar-refractivity contribution is 7.09. The van der Waals surface area contributed by atoms with E-state index in [0.717, 1.165) is 27.5 Å². The van der Waals surface area contributed by atoms with Gasteiger partial charge in [-0.25, -0.2) is 4.98 Å². The zero-order valence-corrected chi connectivity index (χ0v) is 15.0. The number of carbonyl (C=O) groups is 1. The van der Waals surface area contributed by atoms with Gasteiger partial charge in [0, 0.05) is 35.3 Å². The molecular weight excluding hydrogens is 334 g/mol. The van der Waals surface area contributed by atoms with Crippen molar-refractivity contribution in [2.75, 3.05) is 5.32 Å². The molecule has 0 saturated heterocycles. The van der Waals surface area contributed by atoms with Crippen molar-refractivity contribution in [3.63, 3.8) is 0 Å². The lowest BCUT2D eigenvalue weighted by molar-refractivity contribution is -0.115. The predicted octanol–water partition coefficient (Wildman–Crippen LogP) is 3.68. The summed E-state index contributed by atoms with van der Waals surface area (Å²) >= 11 is 1.53. The first-order valence-corrected chi connectivity index (χ1v) is 8.95. The van der Waals surface area contributed by atoms with E-state index in [1.807, 2.05) is 49.6 Å². The van der Waals surface area contributed by atoms with Crippen LogP contribution in [0.1, 0.15) is 23.9 Å². The molecule has 0 aliphatic rings. The number of aromatic nitrogens is 2. The van der Waals surface area contributed by atoms with E-state index in [2.05, 4.69) is 10.3 Å². The quantitative estimate of drug-likeness (QED) is 0.761. The standard InChI is InChI=1S/C19H19N3O2S/c1-3-17(23)20-15-6-4-14(5-7-15)16-12-25-18(21-16)11-22-9-8-13(2)10-19(22)24/h4-10,12H,3,11H2,1-2H3,(H,20,23). The van der Waals surface area contributed by atoms with E-state index >= 15 is 0 Å². The second-order valence-corrected chi connectivity index (χ2v) is 6.72. The van der Waals surface area contributed by atoms with Crippen LogP contribution < -0.4 is 10.9 Å². The Hall–Kier alpha value is -2.73. The third-order valence-electron chi connectivity index (χ3n) is 3.79. The van der Waals surface area contributed by atoms with E-state index in [1.54, 1.807) is 16.8 Å². The number of benzene rings is 1. The van der Waals surface area contributed by atoms with Crippen molar-refractivity contribution in [1.82, 2.24) is 9.55 Å². The summed E-state index contributed by atoms with van der Waals surface area (Å²) in [6.07, 6.45) is 2.25. The molecule has 1 amide bonds. The molecule has 1 N–H and O–H groups in total. The third-order valence-corrected chi connectivity index (χ3v) is 4.63. The van der Waals surface area contributed by atoms with Crippen molar-refractivity contribution in [2.45, 2.75) is 26.8 Å². The molecule has 6 heteroatoms. The molecule has 0 fully saturated rings. The van der Waals surface area contributed by atoms with Gasteiger partial charge in [-0.2, -0.15) is 0 Å². The number of hydrogen-bond acceptors (Lipinski definition) is 4. The predicted molar refractivity (Wildman–Crippen MR) is 101 cm³/mol. The normalized spacial score (nSPS) is 10.6. The van der Waals surface area contributed by atoms with Crippen LogP contribution in [-0.2, 0) is 11.3 Å². The fraction of sp³-hybridized carbons (Fsp3) is 0.211. The highest BCUT2D eigenvalue weighted by Crippen LogP contribution is 2.24. The Bertz CT molecular complexity index is 942. The van der Waals surface area contributed by atoms with Gasteiger partial charge in [-0.3, -0.25) is 9.59 Å². The molecule has 128 valence electrons. The SMILES string of the molecule is CCC(=O)Nc1ccc(-c2csc(Cn3ccc(C)cc3=O)n2)cc1. The minimum Gasteiger partial charge on any atom is -0.326 e. The number of amides is 1. The Kier molecular flexibility index (Phi) is 5.09. The first-order valence-electron chi connectivity index (χ1n) is 8.07. The summed E-state index contributed by atoms with van der Waals surface area (Å²) in [6, 6.07) is 11.1. The summed E-state index contributed by atoms with van der Waals surface area (Å²) in [5.41, 5.74) is 3.56. The first kappa shape index (κ1) is 17.1. The van der Waals surface area contributed by atoms with E-state index < -0.39 is 0 Å². The average Bonchev–Trinajstić information content (AvgIpc) is 3.06. The largest absolute Gasteiger partial charge is 0.326 e. The molecule has 0 radical (unpaired) electrons. The number of rotatable bonds is 5. The lowest BCUT2D eigenvalue weighted by Crippen LogP contribution is -2.19. The van der Waals surface area contributed by atoms with E-state index in [4.69, 9.17) is 0 Å². The van der Waals surface area contributed by atoms with Gasteiger partial charge in [-0.05, 0) is 30.7 Å². The molecular formula is C19H19N3O2S. The monoisotopic (exact) mass is 353 g/mol. The van der Waals surface area contributed by atoms with Crippen molar-refractivity contribution >= 4 is 22.9 Å². The van der Waals surface area contributed by atoms with Gasteiger partial charge in [0.1, 0.15) is 5.01 Å². The van der Waals surface area contributed by atoms with Crippen molar-refractivity contribution in [3.05, 3.63) is 68.9 Å². The van der Waals surface area contributed by atoms with E-state index in [1.165, 1.54) is 11.3 Å². The Morgan fingerprint density at radius 3 is 2.68 bits per heavy atom. The number of pyridine rings is 1. The van der Waals surface area contributed by atoms with E-state index in [9.17, 15) is 9.59 Å². The molecule has 2 heterocycles. The van der Waals surface area contributed by atoms with Crippen LogP contribution in [0.15, 0.2) is 52.8 Å². The second-order valence-electron chi connectivity index (χ2n) is 5.78. The van der Waals surface area contributed by atoms with Gasteiger partial charge in [0.2, 0.25) is 5.91 Å². The van der Waals surface area contributed by atoms with Gasteiger partial charge in [0.05, 0.1) is 12.2 Å². The van der Waals surface area contributed by atoms with Gasteiger partial charge in [-0.15, -0.1) is 11.3 Å². The molecule has 0 atom stereocenters. The fourth-order valence-corrected chi connectivity index (χ4v) is 3.17. The maximum Gasteiger partial charge on any atom is 0.251 e. The zero-order chi connectivity index (χ0) is 17.8. The molecule has 0 aliphatic carbocycles. The molecule has 0 saturated carbocycles. The van der Waals surface area contributed by atoms with Crippen LogP contribution in [0.5, 0.6) is 0 Å². The van der Waals surface area contributed by atoms with Crippen LogP contribution in [0.2, 0.25) is 0 Å². The second kappa shape index (κ2) is 7.44. The van der Waals surface area contributed by atoms with Crippen molar-refractivity contribution in [2.24, 2.45) is 0 Å². The lowest BCUT2D eigenvalue weighted by atomic mass is 10.1. The molecule has 3 rings (SSSR count). The lowest BCUT2D eigenvalue weighted by Gasteiger charge is -2.04. The van der Waals surface area contributed by atoms with Crippen molar-refractivity contribution < 1.29 is 4.79 Å². The molecule has 0 spiro atoms. The topological polar surface area (TPSA) is 64.0 Å². The fourth-order valence-electron chi connectivity index (χ4n) is 2.37. The van der Waals surface area contributed by atoms with Gasteiger partial charge >= 0.3 is 0 Å². The number of carbonyl (C=O) groups excluding carboxylic acids is 1. The maximum absolute atomic E-state index is 12.0. The Morgan fingerprint density at radius 2 is 2.00 bits per heavy atom. The van der Waals surface area contributed by atoms with Crippen molar-refractivity contribution in [1.29, 1.82) is 0 Å². The van der Waals surface area contributed by atoms with Gasteiger partial charge in [-0.1, -0.05) is 19.1 Å².